The first-order chi connectivity index (χ1) is 12.0. The van der Waals surface area contributed by atoms with Crippen LogP contribution in [0.1, 0.15) is 34.8 Å². The van der Waals surface area contributed by atoms with Crippen molar-refractivity contribution in [2.45, 2.75) is 26.8 Å². The number of hydrogen-bond donors (Lipinski definition) is 1. The molecule has 1 N–H and O–H groups in total. The maximum atomic E-state index is 13.3. The van der Waals surface area contributed by atoms with Gasteiger partial charge in [0, 0.05) is 31.6 Å². The number of carbonyl (C=O) groups excluding carboxylic acids is 2. The van der Waals surface area contributed by atoms with Gasteiger partial charge in [-0.3, -0.25) is 9.59 Å². The minimum absolute atomic E-state index is 0.0729. The molecule has 0 unspecified atom stereocenters. The third kappa shape index (κ3) is 5.71. The molecule has 25 heavy (non-hydrogen) atoms. The fraction of sp³-hybridized carbons (Fsp3) is 0.300. The third-order valence-electron chi connectivity index (χ3n) is 3.90. The van der Waals surface area contributed by atoms with E-state index in [2.05, 4.69) is 5.32 Å². The summed E-state index contributed by atoms with van der Waals surface area (Å²) >= 11 is 0. The number of amides is 2. The third-order valence-corrected chi connectivity index (χ3v) is 3.90. The van der Waals surface area contributed by atoms with Gasteiger partial charge in [0.25, 0.3) is 5.91 Å². The minimum atomic E-state index is -0.314. The molecule has 0 bridgehead atoms. The van der Waals surface area contributed by atoms with Gasteiger partial charge in [-0.05, 0) is 43.7 Å². The van der Waals surface area contributed by atoms with Crippen molar-refractivity contribution in [3.63, 3.8) is 0 Å². The van der Waals surface area contributed by atoms with E-state index < -0.39 is 0 Å². The van der Waals surface area contributed by atoms with Gasteiger partial charge in [0.1, 0.15) is 5.82 Å². The lowest BCUT2D eigenvalue weighted by Crippen LogP contribution is -2.34. The molecule has 4 nitrogen and oxygen atoms in total. The van der Waals surface area contributed by atoms with Gasteiger partial charge < -0.3 is 10.2 Å². The highest BCUT2D eigenvalue weighted by molar-refractivity contribution is 5.94. The van der Waals surface area contributed by atoms with Crippen LogP contribution in [-0.2, 0) is 11.3 Å². The van der Waals surface area contributed by atoms with Gasteiger partial charge in [0.2, 0.25) is 5.91 Å². The van der Waals surface area contributed by atoms with E-state index in [9.17, 15) is 14.0 Å². The number of rotatable bonds is 7. The number of hydrogen-bond acceptors (Lipinski definition) is 2. The van der Waals surface area contributed by atoms with E-state index in [0.717, 1.165) is 11.1 Å². The molecule has 2 aromatic rings. The average molecular weight is 342 g/mol. The van der Waals surface area contributed by atoms with Crippen LogP contribution in [-0.4, -0.2) is 29.8 Å². The fourth-order valence-corrected chi connectivity index (χ4v) is 2.56. The molecule has 0 atom stereocenters. The topological polar surface area (TPSA) is 49.4 Å². The number of nitrogens with zero attached hydrogens (tertiary/aromatic N) is 1. The van der Waals surface area contributed by atoms with Gasteiger partial charge in [-0.1, -0.05) is 29.8 Å². The summed E-state index contributed by atoms with van der Waals surface area (Å²) in [4.78, 5) is 26.0. The van der Waals surface area contributed by atoms with E-state index >= 15 is 0 Å². The summed E-state index contributed by atoms with van der Waals surface area (Å²) in [5.74, 6) is -0.576. The standard InChI is InChI=1S/C20H23FN2O2/c1-3-23(14-16-7-5-9-18(21)13-16)19(24)10-11-22-20(25)17-8-4-6-15(2)12-17/h4-9,12-13H,3,10-11,14H2,1-2H3,(H,22,25). The van der Waals surface area contributed by atoms with Crippen LogP contribution >= 0.6 is 0 Å². The lowest BCUT2D eigenvalue weighted by atomic mass is 10.1. The van der Waals surface area contributed by atoms with Crippen molar-refractivity contribution in [3.05, 3.63) is 71.0 Å². The molecule has 0 aliphatic carbocycles. The van der Waals surface area contributed by atoms with Crippen LogP contribution in [0.15, 0.2) is 48.5 Å². The van der Waals surface area contributed by atoms with Crippen LogP contribution in [0.5, 0.6) is 0 Å². The summed E-state index contributed by atoms with van der Waals surface area (Å²) in [6.45, 7) is 4.96. The van der Waals surface area contributed by atoms with E-state index in [1.54, 1.807) is 29.2 Å². The second-order valence-electron chi connectivity index (χ2n) is 5.91. The van der Waals surface area contributed by atoms with Crippen LogP contribution in [0, 0.1) is 12.7 Å². The van der Waals surface area contributed by atoms with Crippen molar-refractivity contribution >= 4 is 11.8 Å². The minimum Gasteiger partial charge on any atom is -0.352 e. The van der Waals surface area contributed by atoms with Crippen LogP contribution in [0.4, 0.5) is 4.39 Å². The van der Waals surface area contributed by atoms with Gasteiger partial charge >= 0.3 is 0 Å². The van der Waals surface area contributed by atoms with Crippen molar-refractivity contribution in [1.29, 1.82) is 0 Å². The highest BCUT2D eigenvalue weighted by Crippen LogP contribution is 2.08. The summed E-state index contributed by atoms with van der Waals surface area (Å²) in [5.41, 5.74) is 2.34. The molecule has 0 spiro atoms. The van der Waals surface area contributed by atoms with Crippen molar-refractivity contribution < 1.29 is 14.0 Å². The number of halogens is 1. The van der Waals surface area contributed by atoms with Gasteiger partial charge in [-0.2, -0.15) is 0 Å². The zero-order chi connectivity index (χ0) is 18.2. The Bertz CT molecular complexity index is 746. The Morgan fingerprint density at radius 1 is 1.12 bits per heavy atom. The lowest BCUT2D eigenvalue weighted by Gasteiger charge is -2.21. The zero-order valence-electron chi connectivity index (χ0n) is 14.6. The Morgan fingerprint density at radius 3 is 2.56 bits per heavy atom. The zero-order valence-corrected chi connectivity index (χ0v) is 14.6. The van der Waals surface area contributed by atoms with Gasteiger partial charge in [0.15, 0.2) is 0 Å². The smallest absolute Gasteiger partial charge is 0.251 e. The molecular formula is C20H23FN2O2. The summed E-state index contributed by atoms with van der Waals surface area (Å²) in [5, 5.41) is 2.76. The van der Waals surface area contributed by atoms with Crippen LogP contribution in [0.2, 0.25) is 0 Å². The number of aryl methyl sites for hydroxylation is 1. The molecule has 2 amide bonds. The second kappa shape index (κ2) is 8.97. The average Bonchev–Trinajstić information content (AvgIpc) is 2.59. The molecule has 0 aromatic heterocycles. The monoisotopic (exact) mass is 342 g/mol. The van der Waals surface area contributed by atoms with Crippen molar-refractivity contribution in [3.8, 4) is 0 Å². The highest BCUT2D eigenvalue weighted by Gasteiger charge is 2.13. The van der Waals surface area contributed by atoms with E-state index in [1.165, 1.54) is 12.1 Å². The van der Waals surface area contributed by atoms with Crippen LogP contribution in [0.25, 0.3) is 0 Å². The Labute approximate surface area is 147 Å². The van der Waals surface area contributed by atoms with Crippen LogP contribution < -0.4 is 5.32 Å². The predicted octanol–water partition coefficient (Wildman–Crippen LogP) is 3.30. The summed E-state index contributed by atoms with van der Waals surface area (Å²) in [6, 6.07) is 13.5. The fourth-order valence-electron chi connectivity index (χ4n) is 2.56. The number of benzene rings is 2. The molecule has 0 radical (unpaired) electrons. The van der Waals surface area contributed by atoms with E-state index in [1.807, 2.05) is 26.0 Å². The Hall–Kier alpha value is -2.69. The molecule has 0 saturated heterocycles. The van der Waals surface area contributed by atoms with Gasteiger partial charge in [-0.25, -0.2) is 4.39 Å². The van der Waals surface area contributed by atoms with Crippen molar-refractivity contribution in [1.82, 2.24) is 10.2 Å². The first kappa shape index (κ1) is 18.6. The quantitative estimate of drug-likeness (QED) is 0.839. The normalized spacial score (nSPS) is 10.4. The Balaban J connectivity index is 1.84. The maximum Gasteiger partial charge on any atom is 0.251 e. The molecule has 2 aromatic carbocycles. The van der Waals surface area contributed by atoms with Crippen LogP contribution in [0.3, 0.4) is 0 Å². The highest BCUT2D eigenvalue weighted by atomic mass is 19.1. The molecule has 0 fully saturated rings. The molecule has 0 aliphatic heterocycles. The number of carbonyl (C=O) groups is 2. The Morgan fingerprint density at radius 2 is 1.88 bits per heavy atom. The molecule has 2 rings (SSSR count). The molecule has 5 heteroatoms. The predicted molar refractivity (Wildman–Crippen MR) is 95.6 cm³/mol. The summed E-state index contributed by atoms with van der Waals surface area (Å²) < 4.78 is 13.3. The SMILES string of the molecule is CCN(Cc1cccc(F)c1)C(=O)CCNC(=O)c1cccc(C)c1. The largest absolute Gasteiger partial charge is 0.352 e. The maximum absolute atomic E-state index is 13.3. The van der Waals surface area contributed by atoms with E-state index in [0.29, 0.717) is 18.7 Å². The first-order valence-electron chi connectivity index (χ1n) is 8.36. The molecule has 0 heterocycles. The Kier molecular flexibility index (Phi) is 6.69. The van der Waals surface area contributed by atoms with E-state index in [4.69, 9.17) is 0 Å². The summed E-state index contributed by atoms with van der Waals surface area (Å²) in [7, 11) is 0. The lowest BCUT2D eigenvalue weighted by molar-refractivity contribution is -0.131. The van der Waals surface area contributed by atoms with Crippen molar-refractivity contribution in [2.24, 2.45) is 0 Å². The summed E-state index contributed by atoms with van der Waals surface area (Å²) in [6.07, 6.45) is 0.209. The molecule has 0 aliphatic rings. The molecular weight excluding hydrogens is 319 g/mol. The van der Waals surface area contributed by atoms with E-state index in [-0.39, 0.29) is 30.6 Å². The molecule has 0 saturated carbocycles. The second-order valence-corrected chi connectivity index (χ2v) is 5.91. The van der Waals surface area contributed by atoms with Crippen molar-refractivity contribution in [2.75, 3.05) is 13.1 Å². The molecule has 132 valence electrons. The first-order valence-corrected chi connectivity index (χ1v) is 8.36. The van der Waals surface area contributed by atoms with Gasteiger partial charge in [0.05, 0.1) is 0 Å². The number of nitrogens with one attached hydrogen (secondary N) is 1. The van der Waals surface area contributed by atoms with Gasteiger partial charge in [-0.15, -0.1) is 0 Å².